The highest BCUT2D eigenvalue weighted by Crippen LogP contribution is 2.34. The van der Waals surface area contributed by atoms with Crippen LogP contribution < -0.4 is 10.5 Å². The summed E-state index contributed by atoms with van der Waals surface area (Å²) in [6.45, 7) is 8.81. The van der Waals surface area contributed by atoms with E-state index < -0.39 is 0 Å². The number of rotatable bonds is 7. The van der Waals surface area contributed by atoms with Crippen LogP contribution in [0.1, 0.15) is 59.3 Å². The van der Waals surface area contributed by atoms with Gasteiger partial charge in [0.15, 0.2) is 11.4 Å². The SMILES string of the molecule is CC(=O)c1cc(C)c(OCCCN2CCC(c3noc4cc(F)ccc34)CC2)c(N)c1C. The van der Waals surface area contributed by atoms with Crippen molar-refractivity contribution in [3.63, 3.8) is 0 Å². The van der Waals surface area contributed by atoms with Crippen molar-refractivity contribution >= 4 is 22.4 Å². The minimum Gasteiger partial charge on any atom is -0.491 e. The molecule has 4 rings (SSSR count). The van der Waals surface area contributed by atoms with Crippen LogP contribution in [0.25, 0.3) is 11.0 Å². The predicted octanol–water partition coefficient (Wildman–Crippen LogP) is 5.02. The van der Waals surface area contributed by atoms with Gasteiger partial charge in [0, 0.05) is 29.5 Å². The molecule has 2 heterocycles. The highest BCUT2D eigenvalue weighted by atomic mass is 19.1. The number of carbonyl (C=O) groups is 1. The van der Waals surface area contributed by atoms with Gasteiger partial charge in [0.05, 0.1) is 18.0 Å². The standard InChI is InChI=1S/C25H30FN3O3/c1-15-13-21(17(3)30)16(2)23(27)25(15)31-12-4-9-29-10-7-18(8-11-29)24-20-6-5-19(26)14-22(20)32-28-24/h5-6,13-14,18H,4,7-12,27H2,1-3H3. The molecule has 32 heavy (non-hydrogen) atoms. The Bertz CT molecular complexity index is 1130. The molecule has 1 saturated heterocycles. The number of anilines is 1. The van der Waals surface area contributed by atoms with E-state index in [0.29, 0.717) is 35.1 Å². The lowest BCUT2D eigenvalue weighted by molar-refractivity contribution is 0.101. The minimum atomic E-state index is -0.306. The van der Waals surface area contributed by atoms with Crippen LogP contribution in [0.5, 0.6) is 5.75 Å². The molecule has 6 nitrogen and oxygen atoms in total. The van der Waals surface area contributed by atoms with Crippen LogP contribution in [-0.2, 0) is 0 Å². The van der Waals surface area contributed by atoms with E-state index in [2.05, 4.69) is 10.1 Å². The first-order valence-corrected chi connectivity index (χ1v) is 11.2. The number of hydrogen-bond donors (Lipinski definition) is 1. The molecular weight excluding hydrogens is 409 g/mol. The first kappa shape index (κ1) is 22.3. The summed E-state index contributed by atoms with van der Waals surface area (Å²) in [5.74, 6) is 0.720. The molecule has 0 aliphatic carbocycles. The number of carbonyl (C=O) groups excluding carboxylic acids is 1. The van der Waals surface area contributed by atoms with Crippen LogP contribution in [0, 0.1) is 19.7 Å². The van der Waals surface area contributed by atoms with E-state index in [0.717, 1.165) is 61.1 Å². The Morgan fingerprint density at radius 1 is 1.28 bits per heavy atom. The lowest BCUT2D eigenvalue weighted by Gasteiger charge is -2.31. The van der Waals surface area contributed by atoms with Gasteiger partial charge in [0.2, 0.25) is 0 Å². The molecule has 0 saturated carbocycles. The van der Waals surface area contributed by atoms with Gasteiger partial charge in [-0.25, -0.2) is 4.39 Å². The van der Waals surface area contributed by atoms with Crippen molar-refractivity contribution in [3.05, 3.63) is 52.5 Å². The van der Waals surface area contributed by atoms with Crippen molar-refractivity contribution in [3.8, 4) is 5.75 Å². The fraction of sp³-hybridized carbons (Fsp3) is 0.440. The van der Waals surface area contributed by atoms with E-state index in [1.807, 2.05) is 19.9 Å². The second kappa shape index (κ2) is 9.28. The van der Waals surface area contributed by atoms with Crippen molar-refractivity contribution in [2.45, 2.75) is 46.0 Å². The third-order valence-corrected chi connectivity index (χ3v) is 6.45. The molecule has 2 aromatic carbocycles. The van der Waals surface area contributed by atoms with Crippen molar-refractivity contribution in [2.24, 2.45) is 0 Å². The Kier molecular flexibility index (Phi) is 6.46. The van der Waals surface area contributed by atoms with Crippen molar-refractivity contribution < 1.29 is 18.4 Å². The fourth-order valence-electron chi connectivity index (χ4n) is 4.59. The molecule has 3 aromatic rings. The Morgan fingerprint density at radius 3 is 2.75 bits per heavy atom. The molecule has 1 aliphatic heterocycles. The van der Waals surface area contributed by atoms with Crippen LogP contribution in [0.2, 0.25) is 0 Å². The summed E-state index contributed by atoms with van der Waals surface area (Å²) in [5.41, 5.74) is 10.6. The minimum absolute atomic E-state index is 0.0121. The average Bonchev–Trinajstić information content (AvgIpc) is 3.19. The van der Waals surface area contributed by atoms with Gasteiger partial charge < -0.3 is 19.9 Å². The van der Waals surface area contributed by atoms with Gasteiger partial charge in [0.25, 0.3) is 0 Å². The Labute approximate surface area is 187 Å². The highest BCUT2D eigenvalue weighted by Gasteiger charge is 2.25. The van der Waals surface area contributed by atoms with Gasteiger partial charge in [-0.2, -0.15) is 0 Å². The van der Waals surface area contributed by atoms with Gasteiger partial charge in [-0.05, 0) is 82.4 Å². The average molecular weight is 440 g/mol. The largest absolute Gasteiger partial charge is 0.491 e. The number of likely N-dealkylation sites (tertiary alicyclic amines) is 1. The summed E-state index contributed by atoms with van der Waals surface area (Å²) in [6, 6.07) is 6.47. The number of nitrogen functional groups attached to an aromatic ring is 1. The quantitative estimate of drug-likeness (QED) is 0.316. The molecule has 2 N–H and O–H groups in total. The number of aryl methyl sites for hydroxylation is 1. The summed E-state index contributed by atoms with van der Waals surface area (Å²) in [5, 5.41) is 5.14. The topological polar surface area (TPSA) is 81.6 Å². The van der Waals surface area contributed by atoms with Crippen LogP contribution >= 0.6 is 0 Å². The molecule has 170 valence electrons. The highest BCUT2D eigenvalue weighted by molar-refractivity contribution is 5.97. The number of ether oxygens (including phenoxy) is 1. The predicted molar refractivity (Wildman–Crippen MR) is 123 cm³/mol. The summed E-state index contributed by atoms with van der Waals surface area (Å²) < 4.78 is 24.7. The monoisotopic (exact) mass is 439 g/mol. The van der Waals surface area contributed by atoms with E-state index in [4.69, 9.17) is 15.0 Å². The van der Waals surface area contributed by atoms with E-state index in [-0.39, 0.29) is 11.6 Å². The zero-order valence-electron chi connectivity index (χ0n) is 18.9. The Hall–Kier alpha value is -2.93. The summed E-state index contributed by atoms with van der Waals surface area (Å²) in [4.78, 5) is 14.2. The van der Waals surface area contributed by atoms with E-state index in [1.165, 1.54) is 12.1 Å². The molecule has 0 radical (unpaired) electrons. The van der Waals surface area contributed by atoms with Crippen molar-refractivity contribution in [1.29, 1.82) is 0 Å². The second-order valence-corrected chi connectivity index (χ2v) is 8.69. The number of nitrogens with two attached hydrogens (primary N) is 1. The molecule has 0 unspecified atom stereocenters. The molecule has 0 bridgehead atoms. The molecule has 0 atom stereocenters. The molecule has 1 aromatic heterocycles. The van der Waals surface area contributed by atoms with Gasteiger partial charge in [-0.15, -0.1) is 0 Å². The number of piperidine rings is 1. The maximum atomic E-state index is 13.4. The summed E-state index contributed by atoms with van der Waals surface area (Å²) >= 11 is 0. The molecule has 0 spiro atoms. The van der Waals surface area contributed by atoms with Crippen LogP contribution in [0.3, 0.4) is 0 Å². The molecular formula is C25H30FN3O3. The number of nitrogens with zero attached hydrogens (tertiary/aromatic N) is 2. The smallest absolute Gasteiger partial charge is 0.170 e. The van der Waals surface area contributed by atoms with Gasteiger partial charge in [-0.1, -0.05) is 5.16 Å². The van der Waals surface area contributed by atoms with Gasteiger partial charge in [0.1, 0.15) is 11.6 Å². The molecule has 0 amide bonds. The van der Waals surface area contributed by atoms with Crippen molar-refractivity contribution in [1.82, 2.24) is 10.1 Å². The maximum Gasteiger partial charge on any atom is 0.170 e. The number of ketones is 1. The number of aromatic nitrogens is 1. The zero-order chi connectivity index (χ0) is 22.8. The lowest BCUT2D eigenvalue weighted by Crippen LogP contribution is -2.34. The number of fused-ring (bicyclic) bond motifs is 1. The summed E-state index contributed by atoms with van der Waals surface area (Å²) in [7, 11) is 0. The van der Waals surface area contributed by atoms with E-state index in [9.17, 15) is 9.18 Å². The molecule has 1 fully saturated rings. The number of hydrogen-bond acceptors (Lipinski definition) is 6. The fourth-order valence-corrected chi connectivity index (χ4v) is 4.59. The molecule has 1 aliphatic rings. The third kappa shape index (κ3) is 4.48. The van der Waals surface area contributed by atoms with Crippen LogP contribution in [-0.4, -0.2) is 42.1 Å². The Balaban J connectivity index is 1.27. The van der Waals surface area contributed by atoms with Gasteiger partial charge >= 0.3 is 0 Å². The second-order valence-electron chi connectivity index (χ2n) is 8.69. The van der Waals surface area contributed by atoms with E-state index in [1.54, 1.807) is 13.0 Å². The number of halogens is 1. The Morgan fingerprint density at radius 2 is 2.03 bits per heavy atom. The van der Waals surface area contributed by atoms with Crippen molar-refractivity contribution in [2.75, 3.05) is 32.0 Å². The number of benzene rings is 2. The van der Waals surface area contributed by atoms with Gasteiger partial charge in [-0.3, -0.25) is 4.79 Å². The normalized spacial score (nSPS) is 15.4. The van der Waals surface area contributed by atoms with E-state index >= 15 is 0 Å². The van der Waals surface area contributed by atoms with Crippen LogP contribution in [0.4, 0.5) is 10.1 Å². The van der Waals surface area contributed by atoms with Crippen LogP contribution in [0.15, 0.2) is 28.8 Å². The zero-order valence-corrected chi connectivity index (χ0v) is 18.9. The maximum absolute atomic E-state index is 13.4. The lowest BCUT2D eigenvalue weighted by atomic mass is 9.91. The summed E-state index contributed by atoms with van der Waals surface area (Å²) in [6.07, 6.45) is 2.89. The third-order valence-electron chi connectivity index (χ3n) is 6.45. The first-order chi connectivity index (χ1) is 15.3. The number of Topliss-reactive ketones (excluding diaryl/α,β-unsaturated/α-hetero) is 1. The first-order valence-electron chi connectivity index (χ1n) is 11.2. The molecule has 7 heteroatoms.